The molecule has 3 fully saturated rings. The first kappa shape index (κ1) is 30.2. The Bertz CT molecular complexity index is 1320. The van der Waals surface area contributed by atoms with Gasteiger partial charge in [-0.15, -0.1) is 0 Å². The third-order valence-electron chi connectivity index (χ3n) is 8.51. The standard InChI is InChI=1S/C31H40N6O6/c1-3-5-12-37(30(41)34-13-15-35(16-14-34)31(42)43-17-6-4-2)28(38)24-18-25(33-27(32-24)21-10-8-7-9-11-21)36-19-22-23(20-36)26(22)29(39)40/h7-11,18,22-23,26H,3-6,12-17,19-20H2,1-2H3,(H,39,40). The van der Waals surface area contributed by atoms with Crippen molar-refractivity contribution in [1.29, 1.82) is 0 Å². The third kappa shape index (κ3) is 6.73. The van der Waals surface area contributed by atoms with Crippen molar-refractivity contribution in [3.63, 3.8) is 0 Å². The predicted octanol–water partition coefficient (Wildman–Crippen LogP) is 3.83. The number of imide groups is 1. The number of carboxylic acid groups (broad SMARTS) is 1. The summed E-state index contributed by atoms with van der Waals surface area (Å²) in [6.45, 7) is 6.98. The lowest BCUT2D eigenvalue weighted by Gasteiger charge is -2.36. The Morgan fingerprint density at radius 1 is 0.930 bits per heavy atom. The monoisotopic (exact) mass is 592 g/mol. The summed E-state index contributed by atoms with van der Waals surface area (Å²) >= 11 is 0. The maximum Gasteiger partial charge on any atom is 0.409 e. The normalized spacial score (nSPS) is 20.9. The fourth-order valence-electron chi connectivity index (χ4n) is 5.89. The van der Waals surface area contributed by atoms with Crippen LogP contribution in [-0.2, 0) is 9.53 Å². The van der Waals surface area contributed by atoms with Gasteiger partial charge in [0.05, 0.1) is 12.5 Å². The molecule has 3 heterocycles. The minimum Gasteiger partial charge on any atom is -0.481 e. The Balaban J connectivity index is 1.35. The van der Waals surface area contributed by atoms with E-state index in [4.69, 9.17) is 9.72 Å². The topological polar surface area (TPSA) is 136 Å². The van der Waals surface area contributed by atoms with Crippen LogP contribution in [0.25, 0.3) is 11.4 Å². The first-order valence-electron chi connectivity index (χ1n) is 15.3. The molecule has 0 radical (unpaired) electrons. The van der Waals surface area contributed by atoms with E-state index in [0.717, 1.165) is 24.8 Å². The molecule has 12 heteroatoms. The van der Waals surface area contributed by atoms with Gasteiger partial charge in [-0.05, 0) is 24.7 Å². The fraction of sp³-hybridized carbons (Fsp3) is 0.548. The second-order valence-corrected chi connectivity index (χ2v) is 11.4. The first-order chi connectivity index (χ1) is 20.8. The highest BCUT2D eigenvalue weighted by atomic mass is 16.6. The number of carboxylic acids is 1. The van der Waals surface area contributed by atoms with E-state index in [9.17, 15) is 24.3 Å². The maximum atomic E-state index is 14.0. The van der Waals surface area contributed by atoms with Crippen molar-refractivity contribution in [2.45, 2.75) is 39.5 Å². The van der Waals surface area contributed by atoms with Gasteiger partial charge in [0.25, 0.3) is 5.91 Å². The van der Waals surface area contributed by atoms with E-state index in [1.54, 1.807) is 15.9 Å². The number of carbonyl (C=O) groups is 4. The van der Waals surface area contributed by atoms with Crippen LogP contribution in [0.2, 0.25) is 0 Å². The number of carbonyl (C=O) groups excluding carboxylic acids is 3. The fourth-order valence-corrected chi connectivity index (χ4v) is 5.89. The highest BCUT2D eigenvalue weighted by molar-refractivity contribution is 6.03. The van der Waals surface area contributed by atoms with E-state index < -0.39 is 17.9 Å². The van der Waals surface area contributed by atoms with Crippen molar-refractivity contribution in [2.24, 2.45) is 17.8 Å². The summed E-state index contributed by atoms with van der Waals surface area (Å²) in [4.78, 5) is 67.5. The Morgan fingerprint density at radius 2 is 1.58 bits per heavy atom. The highest BCUT2D eigenvalue weighted by Crippen LogP contribution is 2.52. The number of anilines is 1. The Labute approximate surface area is 251 Å². The molecule has 3 aliphatic rings. The zero-order valence-corrected chi connectivity index (χ0v) is 24.9. The average molecular weight is 593 g/mol. The molecular formula is C31H40N6O6. The Morgan fingerprint density at radius 3 is 2.21 bits per heavy atom. The van der Waals surface area contributed by atoms with Gasteiger partial charge in [-0.25, -0.2) is 19.6 Å². The summed E-state index contributed by atoms with van der Waals surface area (Å²) in [5.74, 6) is -0.546. The zero-order chi connectivity index (χ0) is 30.5. The van der Waals surface area contributed by atoms with Crippen LogP contribution in [0.5, 0.6) is 0 Å². The molecule has 2 atom stereocenters. The number of piperidine rings is 1. The van der Waals surface area contributed by atoms with Crippen LogP contribution in [0.1, 0.15) is 50.0 Å². The van der Waals surface area contributed by atoms with E-state index >= 15 is 0 Å². The molecule has 2 aliphatic heterocycles. The molecule has 43 heavy (non-hydrogen) atoms. The van der Waals surface area contributed by atoms with Crippen LogP contribution < -0.4 is 4.90 Å². The van der Waals surface area contributed by atoms with Gasteiger partial charge in [0.1, 0.15) is 11.5 Å². The lowest BCUT2D eigenvalue weighted by atomic mass is 10.2. The quantitative estimate of drug-likeness (QED) is 0.408. The molecule has 1 aromatic carbocycles. The summed E-state index contributed by atoms with van der Waals surface area (Å²) in [7, 11) is 0. The molecule has 0 spiro atoms. The van der Waals surface area contributed by atoms with Crippen LogP contribution >= 0.6 is 0 Å². The van der Waals surface area contributed by atoms with Gasteiger partial charge in [0, 0.05) is 57.4 Å². The summed E-state index contributed by atoms with van der Waals surface area (Å²) < 4.78 is 5.31. The van der Waals surface area contributed by atoms with Crippen LogP contribution in [0.4, 0.5) is 15.4 Å². The number of unbranched alkanes of at least 4 members (excludes halogenated alkanes) is 2. The van der Waals surface area contributed by atoms with E-state index in [-0.39, 0.29) is 36.1 Å². The van der Waals surface area contributed by atoms with Crippen molar-refractivity contribution >= 4 is 29.8 Å². The smallest absolute Gasteiger partial charge is 0.409 e. The molecule has 5 rings (SSSR count). The van der Waals surface area contributed by atoms with Crippen molar-refractivity contribution in [2.75, 3.05) is 57.3 Å². The molecule has 230 valence electrons. The molecule has 2 saturated heterocycles. The lowest BCUT2D eigenvalue weighted by molar-refractivity contribution is -0.139. The van der Waals surface area contributed by atoms with E-state index in [1.807, 2.05) is 49.1 Å². The number of ether oxygens (including phenoxy) is 1. The van der Waals surface area contributed by atoms with Gasteiger partial charge in [0.2, 0.25) is 0 Å². The number of piperazine rings is 1. The number of aromatic nitrogens is 2. The minimum absolute atomic E-state index is 0.0667. The predicted molar refractivity (Wildman–Crippen MR) is 159 cm³/mol. The van der Waals surface area contributed by atoms with Gasteiger partial charge in [0.15, 0.2) is 5.82 Å². The molecule has 1 aromatic heterocycles. The second kappa shape index (κ2) is 13.4. The SMILES string of the molecule is CCCCOC(=O)N1CCN(C(=O)N(CCCC)C(=O)c2cc(N3CC4C(C3)C4C(=O)O)nc(-c3ccccc3)n2)CC1. The first-order valence-corrected chi connectivity index (χ1v) is 15.3. The van der Waals surface area contributed by atoms with E-state index in [1.165, 1.54) is 4.90 Å². The molecule has 1 aliphatic carbocycles. The second-order valence-electron chi connectivity index (χ2n) is 11.4. The Hall–Kier alpha value is -4.22. The van der Waals surface area contributed by atoms with Crippen molar-refractivity contribution in [3.8, 4) is 11.4 Å². The summed E-state index contributed by atoms with van der Waals surface area (Å²) in [5.41, 5.74) is 0.848. The summed E-state index contributed by atoms with van der Waals surface area (Å²) in [6.07, 6.45) is 2.78. The largest absolute Gasteiger partial charge is 0.481 e. The lowest BCUT2D eigenvalue weighted by Crippen LogP contribution is -2.55. The highest BCUT2D eigenvalue weighted by Gasteiger charge is 2.60. The number of urea groups is 1. The molecule has 1 saturated carbocycles. The molecule has 1 N–H and O–H groups in total. The number of hydrogen-bond donors (Lipinski definition) is 1. The van der Waals surface area contributed by atoms with Crippen LogP contribution in [0.3, 0.4) is 0 Å². The zero-order valence-electron chi connectivity index (χ0n) is 24.9. The van der Waals surface area contributed by atoms with E-state index in [0.29, 0.717) is 63.9 Å². The maximum absolute atomic E-state index is 14.0. The van der Waals surface area contributed by atoms with Gasteiger partial charge in [-0.1, -0.05) is 57.0 Å². The molecule has 4 amide bonds. The molecular weight excluding hydrogens is 552 g/mol. The Kier molecular flexibility index (Phi) is 9.42. The van der Waals surface area contributed by atoms with Gasteiger partial charge >= 0.3 is 18.1 Å². The van der Waals surface area contributed by atoms with Gasteiger partial charge in [-0.3, -0.25) is 14.5 Å². The number of hydrogen-bond acceptors (Lipinski definition) is 8. The average Bonchev–Trinajstić information content (AvgIpc) is 3.55. The minimum atomic E-state index is -0.766. The molecule has 0 bridgehead atoms. The van der Waals surface area contributed by atoms with Gasteiger partial charge < -0.3 is 24.5 Å². The molecule has 12 nitrogen and oxygen atoms in total. The number of rotatable bonds is 10. The number of aliphatic carboxylic acids is 1. The summed E-state index contributed by atoms with van der Waals surface area (Å²) in [6, 6.07) is 10.5. The van der Waals surface area contributed by atoms with Crippen LogP contribution in [0, 0.1) is 17.8 Å². The number of nitrogens with zero attached hydrogens (tertiary/aromatic N) is 6. The molecule has 2 aromatic rings. The van der Waals surface area contributed by atoms with Crippen molar-refractivity contribution in [1.82, 2.24) is 24.7 Å². The van der Waals surface area contributed by atoms with Crippen LogP contribution in [-0.4, -0.2) is 106 Å². The number of benzene rings is 1. The summed E-state index contributed by atoms with van der Waals surface area (Å²) in [5, 5.41) is 9.45. The van der Waals surface area contributed by atoms with Crippen molar-refractivity contribution in [3.05, 3.63) is 42.1 Å². The van der Waals surface area contributed by atoms with Crippen LogP contribution in [0.15, 0.2) is 36.4 Å². The van der Waals surface area contributed by atoms with Gasteiger partial charge in [-0.2, -0.15) is 0 Å². The third-order valence-corrected chi connectivity index (χ3v) is 8.51. The number of fused-ring (bicyclic) bond motifs is 1. The number of amides is 4. The van der Waals surface area contributed by atoms with E-state index in [2.05, 4.69) is 4.98 Å². The van der Waals surface area contributed by atoms with Crippen molar-refractivity contribution < 1.29 is 29.0 Å². The molecule has 2 unspecified atom stereocenters.